The van der Waals surface area contributed by atoms with E-state index >= 15 is 0 Å². The Bertz CT molecular complexity index is 811. The molecule has 27 heavy (non-hydrogen) atoms. The molecule has 3 rings (SSSR count). The van der Waals surface area contributed by atoms with Crippen molar-refractivity contribution in [3.63, 3.8) is 0 Å². The number of rotatable bonds is 5. The van der Waals surface area contributed by atoms with Gasteiger partial charge in [-0.25, -0.2) is 4.68 Å². The molecule has 0 radical (unpaired) electrons. The molecule has 7 heteroatoms. The first-order valence-corrected chi connectivity index (χ1v) is 9.78. The molecule has 1 aliphatic heterocycles. The van der Waals surface area contributed by atoms with Crippen molar-refractivity contribution >= 4 is 23.4 Å². The number of hydrogen-bond acceptors (Lipinski definition) is 3. The molecular weight excluding hydrogens is 364 g/mol. The zero-order valence-corrected chi connectivity index (χ0v) is 16.5. The van der Waals surface area contributed by atoms with E-state index in [1.807, 2.05) is 37.3 Å². The number of aryl methyl sites for hydroxylation is 1. The van der Waals surface area contributed by atoms with Gasteiger partial charge in [0, 0.05) is 25.6 Å². The van der Waals surface area contributed by atoms with E-state index in [0.717, 1.165) is 12.1 Å². The van der Waals surface area contributed by atoms with Crippen molar-refractivity contribution in [2.24, 2.45) is 5.92 Å². The van der Waals surface area contributed by atoms with E-state index in [9.17, 15) is 9.59 Å². The Balaban J connectivity index is 1.71. The lowest BCUT2D eigenvalue weighted by atomic mass is 9.95. The lowest BCUT2D eigenvalue weighted by molar-refractivity contribution is -0.126. The predicted octanol–water partition coefficient (Wildman–Crippen LogP) is 3.21. The highest BCUT2D eigenvalue weighted by Gasteiger charge is 2.31. The van der Waals surface area contributed by atoms with Gasteiger partial charge >= 0.3 is 0 Å². The average molecular weight is 389 g/mol. The number of nitrogens with zero attached hydrogens (tertiary/aromatic N) is 3. The van der Waals surface area contributed by atoms with Gasteiger partial charge < -0.3 is 10.2 Å². The summed E-state index contributed by atoms with van der Waals surface area (Å²) in [4.78, 5) is 26.9. The molecule has 1 saturated heterocycles. The summed E-state index contributed by atoms with van der Waals surface area (Å²) >= 11 is 6.50. The van der Waals surface area contributed by atoms with Crippen LogP contribution in [0.15, 0.2) is 30.3 Å². The SMILES string of the molecule is CCCNC(=O)C1CCN(C(=O)c2c(C)nn(-c3ccccc3)c2Cl)CC1. The normalized spacial score (nSPS) is 15.0. The Labute approximate surface area is 164 Å². The van der Waals surface area contributed by atoms with Gasteiger partial charge in [0.2, 0.25) is 5.91 Å². The van der Waals surface area contributed by atoms with Crippen molar-refractivity contribution in [3.05, 3.63) is 46.7 Å². The number of carbonyl (C=O) groups is 2. The third-order valence-corrected chi connectivity index (χ3v) is 5.27. The van der Waals surface area contributed by atoms with Gasteiger partial charge in [0.1, 0.15) is 5.15 Å². The minimum absolute atomic E-state index is 0.0239. The second-order valence-electron chi connectivity index (χ2n) is 6.86. The molecule has 1 aromatic carbocycles. The molecule has 0 unspecified atom stereocenters. The number of halogens is 1. The number of carbonyl (C=O) groups excluding carboxylic acids is 2. The fraction of sp³-hybridized carbons (Fsp3) is 0.450. The Kier molecular flexibility index (Phi) is 6.16. The van der Waals surface area contributed by atoms with Gasteiger partial charge in [0.25, 0.3) is 5.91 Å². The minimum atomic E-state index is -0.118. The predicted molar refractivity (Wildman–Crippen MR) is 105 cm³/mol. The Morgan fingerprint density at radius 1 is 1.22 bits per heavy atom. The second kappa shape index (κ2) is 8.57. The number of amides is 2. The Morgan fingerprint density at radius 3 is 2.52 bits per heavy atom. The highest BCUT2D eigenvalue weighted by molar-refractivity contribution is 6.33. The number of piperidine rings is 1. The topological polar surface area (TPSA) is 67.2 Å². The average Bonchev–Trinajstić information content (AvgIpc) is 3.00. The van der Waals surface area contributed by atoms with Crippen LogP contribution in [0.3, 0.4) is 0 Å². The van der Waals surface area contributed by atoms with Crippen LogP contribution in [0, 0.1) is 12.8 Å². The van der Waals surface area contributed by atoms with Crippen LogP contribution in [0.25, 0.3) is 5.69 Å². The number of likely N-dealkylation sites (tertiary alicyclic amines) is 1. The molecular formula is C20H25ClN4O2. The standard InChI is InChI=1S/C20H25ClN4O2/c1-3-11-22-19(26)15-9-12-24(13-10-15)20(27)17-14(2)23-25(18(17)21)16-7-5-4-6-8-16/h4-8,15H,3,9-13H2,1-2H3,(H,22,26). The van der Waals surface area contributed by atoms with Crippen molar-refractivity contribution < 1.29 is 9.59 Å². The number of hydrogen-bond donors (Lipinski definition) is 1. The van der Waals surface area contributed by atoms with Gasteiger partial charge in [0.15, 0.2) is 0 Å². The molecule has 1 fully saturated rings. The van der Waals surface area contributed by atoms with Crippen molar-refractivity contribution in [2.45, 2.75) is 33.1 Å². The summed E-state index contributed by atoms with van der Waals surface area (Å²) in [6.07, 6.45) is 2.27. The maximum atomic E-state index is 13.0. The number of benzene rings is 1. The van der Waals surface area contributed by atoms with E-state index in [4.69, 9.17) is 11.6 Å². The van der Waals surface area contributed by atoms with Crippen LogP contribution in [0.1, 0.15) is 42.2 Å². The van der Waals surface area contributed by atoms with Crippen LogP contribution < -0.4 is 5.32 Å². The fourth-order valence-corrected chi connectivity index (χ4v) is 3.73. The summed E-state index contributed by atoms with van der Waals surface area (Å²) < 4.78 is 1.59. The van der Waals surface area contributed by atoms with Crippen LogP contribution >= 0.6 is 11.6 Å². The summed E-state index contributed by atoms with van der Waals surface area (Å²) in [7, 11) is 0. The lowest BCUT2D eigenvalue weighted by Gasteiger charge is -2.31. The molecule has 144 valence electrons. The van der Waals surface area contributed by atoms with Crippen molar-refractivity contribution in [3.8, 4) is 5.69 Å². The zero-order chi connectivity index (χ0) is 19.4. The third-order valence-electron chi connectivity index (χ3n) is 4.92. The largest absolute Gasteiger partial charge is 0.356 e. The molecule has 1 aromatic heterocycles. The van der Waals surface area contributed by atoms with Crippen LogP contribution in [0.2, 0.25) is 5.15 Å². The molecule has 2 aromatic rings. The Hall–Kier alpha value is -2.34. The van der Waals surface area contributed by atoms with E-state index in [0.29, 0.717) is 48.9 Å². The minimum Gasteiger partial charge on any atom is -0.356 e. The molecule has 2 amide bonds. The first-order chi connectivity index (χ1) is 13.0. The molecule has 2 heterocycles. The second-order valence-corrected chi connectivity index (χ2v) is 7.21. The molecule has 1 aliphatic rings. The van der Waals surface area contributed by atoms with E-state index in [1.165, 1.54) is 0 Å². The van der Waals surface area contributed by atoms with E-state index in [-0.39, 0.29) is 17.7 Å². The van der Waals surface area contributed by atoms with Gasteiger partial charge in [-0.2, -0.15) is 5.10 Å². The molecule has 0 aliphatic carbocycles. The molecule has 0 saturated carbocycles. The smallest absolute Gasteiger partial charge is 0.258 e. The van der Waals surface area contributed by atoms with Gasteiger partial charge in [-0.1, -0.05) is 36.7 Å². The number of nitrogens with one attached hydrogen (secondary N) is 1. The molecule has 0 bridgehead atoms. The highest BCUT2D eigenvalue weighted by Crippen LogP contribution is 2.27. The van der Waals surface area contributed by atoms with E-state index in [2.05, 4.69) is 10.4 Å². The number of para-hydroxylation sites is 1. The highest BCUT2D eigenvalue weighted by atomic mass is 35.5. The van der Waals surface area contributed by atoms with Gasteiger partial charge in [-0.05, 0) is 38.3 Å². The molecule has 0 spiro atoms. The first-order valence-electron chi connectivity index (χ1n) is 9.40. The first kappa shape index (κ1) is 19.4. The maximum Gasteiger partial charge on any atom is 0.258 e. The summed E-state index contributed by atoms with van der Waals surface area (Å²) in [5.74, 6) is -0.0497. The van der Waals surface area contributed by atoms with E-state index in [1.54, 1.807) is 16.5 Å². The van der Waals surface area contributed by atoms with Crippen LogP contribution in [0.5, 0.6) is 0 Å². The number of aromatic nitrogens is 2. The van der Waals surface area contributed by atoms with Crippen LogP contribution in [-0.2, 0) is 4.79 Å². The van der Waals surface area contributed by atoms with Crippen molar-refractivity contribution in [2.75, 3.05) is 19.6 Å². The quantitative estimate of drug-likeness (QED) is 0.855. The summed E-state index contributed by atoms with van der Waals surface area (Å²) in [6.45, 7) is 5.63. The van der Waals surface area contributed by atoms with Crippen LogP contribution in [0.4, 0.5) is 0 Å². The third kappa shape index (κ3) is 4.16. The summed E-state index contributed by atoms with van der Waals surface area (Å²) in [5, 5.41) is 7.71. The van der Waals surface area contributed by atoms with Gasteiger partial charge in [-0.15, -0.1) is 0 Å². The molecule has 0 atom stereocenters. The van der Waals surface area contributed by atoms with Crippen molar-refractivity contribution in [1.82, 2.24) is 20.0 Å². The molecule has 1 N–H and O–H groups in total. The maximum absolute atomic E-state index is 13.0. The summed E-state index contributed by atoms with van der Waals surface area (Å²) in [5.41, 5.74) is 1.86. The van der Waals surface area contributed by atoms with Gasteiger partial charge in [-0.3, -0.25) is 9.59 Å². The summed E-state index contributed by atoms with van der Waals surface area (Å²) in [6, 6.07) is 9.51. The zero-order valence-electron chi connectivity index (χ0n) is 15.7. The Morgan fingerprint density at radius 2 is 1.89 bits per heavy atom. The lowest BCUT2D eigenvalue weighted by Crippen LogP contribution is -2.43. The van der Waals surface area contributed by atoms with E-state index < -0.39 is 0 Å². The van der Waals surface area contributed by atoms with Gasteiger partial charge in [0.05, 0.1) is 16.9 Å². The molecule has 6 nitrogen and oxygen atoms in total. The monoisotopic (exact) mass is 388 g/mol. The van der Waals surface area contributed by atoms with Crippen LogP contribution in [-0.4, -0.2) is 46.1 Å². The van der Waals surface area contributed by atoms with Crippen molar-refractivity contribution in [1.29, 1.82) is 0 Å². The fourth-order valence-electron chi connectivity index (χ4n) is 3.38.